The Hall–Kier alpha value is -0.410. The quantitative estimate of drug-likeness (QED) is 0.874. The highest BCUT2D eigenvalue weighted by Gasteiger charge is 2.32. The van der Waals surface area contributed by atoms with Gasteiger partial charge in [-0.2, -0.15) is 0 Å². The summed E-state index contributed by atoms with van der Waals surface area (Å²) in [5.41, 5.74) is 7.80. The van der Waals surface area contributed by atoms with E-state index >= 15 is 0 Å². The fourth-order valence-corrected chi connectivity index (χ4v) is 4.05. The standard InChI is InChI=1S/C15H26N2S/c1-4-11(3)10-15(16,5-2)14-17-12-8-6-7-9-13(12)18-14/h11H,4-10,16H2,1-3H3. The van der Waals surface area contributed by atoms with Gasteiger partial charge in [0, 0.05) is 4.88 Å². The molecule has 2 unspecified atom stereocenters. The van der Waals surface area contributed by atoms with Crippen LogP contribution in [0, 0.1) is 5.92 Å². The van der Waals surface area contributed by atoms with Gasteiger partial charge in [-0.25, -0.2) is 4.98 Å². The van der Waals surface area contributed by atoms with E-state index in [2.05, 4.69) is 20.8 Å². The molecule has 1 heterocycles. The van der Waals surface area contributed by atoms with E-state index in [1.807, 2.05) is 11.3 Å². The predicted molar refractivity (Wildman–Crippen MR) is 79.0 cm³/mol. The first-order valence-electron chi connectivity index (χ1n) is 7.37. The van der Waals surface area contributed by atoms with Crippen molar-refractivity contribution in [3.05, 3.63) is 15.6 Å². The van der Waals surface area contributed by atoms with Crippen molar-refractivity contribution in [3.8, 4) is 0 Å². The number of thiazole rings is 1. The van der Waals surface area contributed by atoms with Crippen molar-refractivity contribution in [2.45, 2.75) is 71.3 Å². The van der Waals surface area contributed by atoms with E-state index in [1.54, 1.807) is 0 Å². The summed E-state index contributed by atoms with van der Waals surface area (Å²) in [6, 6.07) is 0. The van der Waals surface area contributed by atoms with E-state index in [4.69, 9.17) is 10.7 Å². The smallest absolute Gasteiger partial charge is 0.113 e. The Kier molecular flexibility index (Phi) is 4.44. The van der Waals surface area contributed by atoms with Crippen LogP contribution < -0.4 is 5.73 Å². The second kappa shape index (κ2) is 5.70. The Balaban J connectivity index is 2.23. The lowest BCUT2D eigenvalue weighted by Crippen LogP contribution is -2.37. The fourth-order valence-electron chi connectivity index (χ4n) is 2.71. The summed E-state index contributed by atoms with van der Waals surface area (Å²) in [7, 11) is 0. The predicted octanol–water partition coefficient (Wildman–Crippen LogP) is 4.02. The third-order valence-corrected chi connectivity index (χ3v) is 5.69. The van der Waals surface area contributed by atoms with Crippen molar-refractivity contribution in [1.29, 1.82) is 0 Å². The van der Waals surface area contributed by atoms with Crippen LogP contribution >= 0.6 is 11.3 Å². The van der Waals surface area contributed by atoms with Crippen LogP contribution in [0.5, 0.6) is 0 Å². The Bertz CT molecular complexity index is 376. The Labute approximate surface area is 115 Å². The molecule has 1 aliphatic rings. The van der Waals surface area contributed by atoms with Gasteiger partial charge in [0.05, 0.1) is 11.2 Å². The van der Waals surface area contributed by atoms with Crippen LogP contribution in [0.1, 0.15) is 68.5 Å². The lowest BCUT2D eigenvalue weighted by molar-refractivity contribution is 0.318. The van der Waals surface area contributed by atoms with Gasteiger partial charge in [-0.3, -0.25) is 0 Å². The molecule has 2 rings (SSSR count). The van der Waals surface area contributed by atoms with Gasteiger partial charge in [0.15, 0.2) is 0 Å². The maximum atomic E-state index is 6.66. The highest BCUT2D eigenvalue weighted by molar-refractivity contribution is 7.11. The molecule has 1 aromatic rings. The highest BCUT2D eigenvalue weighted by atomic mass is 32.1. The van der Waals surface area contributed by atoms with Crippen LogP contribution in [-0.4, -0.2) is 4.98 Å². The zero-order valence-electron chi connectivity index (χ0n) is 12.0. The minimum absolute atomic E-state index is 0.197. The number of fused-ring (bicyclic) bond motifs is 1. The number of hydrogen-bond donors (Lipinski definition) is 1. The van der Waals surface area contributed by atoms with Crippen molar-refractivity contribution in [2.24, 2.45) is 11.7 Å². The molecule has 1 aromatic heterocycles. The molecule has 0 aliphatic heterocycles. The molecule has 2 atom stereocenters. The van der Waals surface area contributed by atoms with E-state index < -0.39 is 0 Å². The molecule has 2 N–H and O–H groups in total. The topological polar surface area (TPSA) is 38.9 Å². The van der Waals surface area contributed by atoms with Crippen LogP contribution in [-0.2, 0) is 18.4 Å². The summed E-state index contributed by atoms with van der Waals surface area (Å²) in [6.07, 6.45) is 8.25. The van der Waals surface area contributed by atoms with E-state index in [-0.39, 0.29) is 5.54 Å². The maximum Gasteiger partial charge on any atom is 0.113 e. The normalized spacial score (nSPS) is 20.2. The zero-order valence-corrected chi connectivity index (χ0v) is 12.8. The molecule has 0 bridgehead atoms. The molecular formula is C15H26N2S. The Morgan fingerprint density at radius 1 is 1.33 bits per heavy atom. The van der Waals surface area contributed by atoms with E-state index in [9.17, 15) is 0 Å². The van der Waals surface area contributed by atoms with E-state index in [1.165, 1.54) is 41.3 Å². The molecule has 3 heteroatoms. The van der Waals surface area contributed by atoms with Gasteiger partial charge < -0.3 is 5.73 Å². The van der Waals surface area contributed by atoms with E-state index in [0.717, 1.165) is 19.3 Å². The van der Waals surface area contributed by atoms with Gasteiger partial charge in [0.2, 0.25) is 0 Å². The first-order chi connectivity index (χ1) is 8.59. The van der Waals surface area contributed by atoms with E-state index in [0.29, 0.717) is 5.92 Å². The van der Waals surface area contributed by atoms with Gasteiger partial charge >= 0.3 is 0 Å². The van der Waals surface area contributed by atoms with Crippen molar-refractivity contribution in [3.63, 3.8) is 0 Å². The van der Waals surface area contributed by atoms with Crippen LogP contribution in [0.4, 0.5) is 0 Å². The average Bonchev–Trinajstić information content (AvgIpc) is 2.82. The van der Waals surface area contributed by atoms with Gasteiger partial charge in [-0.15, -0.1) is 11.3 Å². The number of hydrogen-bond acceptors (Lipinski definition) is 3. The monoisotopic (exact) mass is 266 g/mol. The van der Waals surface area contributed by atoms with Gasteiger partial charge in [0.25, 0.3) is 0 Å². The van der Waals surface area contributed by atoms with Gasteiger partial charge in [0.1, 0.15) is 5.01 Å². The molecule has 0 spiro atoms. The molecular weight excluding hydrogens is 240 g/mol. The van der Waals surface area contributed by atoms with Crippen molar-refractivity contribution in [1.82, 2.24) is 4.98 Å². The molecule has 0 fully saturated rings. The largest absolute Gasteiger partial charge is 0.319 e. The highest BCUT2D eigenvalue weighted by Crippen LogP contribution is 2.36. The maximum absolute atomic E-state index is 6.66. The second-order valence-electron chi connectivity index (χ2n) is 5.82. The summed E-state index contributed by atoms with van der Waals surface area (Å²) in [5.74, 6) is 0.677. The van der Waals surface area contributed by atoms with Gasteiger partial charge in [-0.05, 0) is 44.4 Å². The molecule has 0 saturated carbocycles. The average molecular weight is 266 g/mol. The lowest BCUT2D eigenvalue weighted by atomic mass is 9.86. The summed E-state index contributed by atoms with van der Waals surface area (Å²) < 4.78 is 0. The van der Waals surface area contributed by atoms with Gasteiger partial charge in [-0.1, -0.05) is 27.2 Å². The molecule has 0 radical (unpaired) electrons. The molecule has 102 valence electrons. The van der Waals surface area contributed by atoms with Crippen molar-refractivity contribution in [2.75, 3.05) is 0 Å². The SMILES string of the molecule is CCC(C)CC(N)(CC)c1nc2c(s1)CCCC2. The number of aromatic nitrogens is 1. The first-order valence-corrected chi connectivity index (χ1v) is 8.18. The Morgan fingerprint density at radius 3 is 2.67 bits per heavy atom. The number of nitrogens with zero attached hydrogens (tertiary/aromatic N) is 1. The Morgan fingerprint density at radius 2 is 2.06 bits per heavy atom. The third-order valence-electron chi connectivity index (χ3n) is 4.31. The molecule has 0 saturated heterocycles. The molecule has 2 nitrogen and oxygen atoms in total. The summed E-state index contributed by atoms with van der Waals surface area (Å²) in [6.45, 7) is 6.74. The van der Waals surface area contributed by atoms with Crippen molar-refractivity contribution >= 4 is 11.3 Å². The van der Waals surface area contributed by atoms with Crippen LogP contribution in [0.15, 0.2) is 0 Å². The zero-order chi connectivity index (χ0) is 13.2. The first kappa shape index (κ1) is 14.0. The molecule has 0 aromatic carbocycles. The number of rotatable bonds is 5. The van der Waals surface area contributed by atoms with Crippen LogP contribution in [0.3, 0.4) is 0 Å². The summed E-state index contributed by atoms with van der Waals surface area (Å²) >= 11 is 1.88. The van der Waals surface area contributed by atoms with Crippen molar-refractivity contribution < 1.29 is 0 Å². The van der Waals surface area contributed by atoms with Crippen LogP contribution in [0.25, 0.3) is 0 Å². The minimum Gasteiger partial charge on any atom is -0.319 e. The molecule has 1 aliphatic carbocycles. The molecule has 0 amide bonds. The molecule has 18 heavy (non-hydrogen) atoms. The number of nitrogens with two attached hydrogens (primary N) is 1. The lowest BCUT2D eigenvalue weighted by Gasteiger charge is -2.28. The summed E-state index contributed by atoms with van der Waals surface area (Å²) in [5, 5.41) is 1.19. The minimum atomic E-state index is -0.197. The third kappa shape index (κ3) is 2.77. The second-order valence-corrected chi connectivity index (χ2v) is 6.91. The fraction of sp³-hybridized carbons (Fsp3) is 0.800. The number of aryl methyl sites for hydroxylation is 2. The summed E-state index contributed by atoms with van der Waals surface area (Å²) in [4.78, 5) is 6.38. The van der Waals surface area contributed by atoms with Crippen LogP contribution in [0.2, 0.25) is 0 Å².